The normalized spacial score (nSPS) is 11.7. The summed E-state index contributed by atoms with van der Waals surface area (Å²) in [6.45, 7) is -0.457. The Kier molecular flexibility index (Phi) is 6.06. The van der Waals surface area contributed by atoms with Gasteiger partial charge in [-0.3, -0.25) is 0 Å². The fraction of sp³-hybridized carbons (Fsp3) is 0.286. The summed E-state index contributed by atoms with van der Waals surface area (Å²) in [6.07, 6.45) is -4.12. The highest BCUT2D eigenvalue weighted by Crippen LogP contribution is 2.25. The first kappa shape index (κ1) is 18.4. The molecule has 0 saturated heterocycles. The molecule has 0 amide bonds. The van der Waals surface area contributed by atoms with E-state index in [4.69, 9.17) is 14.6 Å². The molecule has 0 aliphatic rings. The highest BCUT2D eigenvalue weighted by Gasteiger charge is 2.19. The number of methoxy groups -OCH3 is 1. The SMILES string of the molecule is COC(=O)c1ccc2nc(SCC(COC(=O)O)OC(=O)O)oc2c1. The van der Waals surface area contributed by atoms with Crippen LogP contribution in [-0.2, 0) is 14.2 Å². The van der Waals surface area contributed by atoms with Gasteiger partial charge >= 0.3 is 18.3 Å². The second-order valence-electron chi connectivity index (χ2n) is 4.55. The Morgan fingerprint density at radius 2 is 2.04 bits per heavy atom. The minimum atomic E-state index is -1.56. The second-order valence-corrected chi connectivity index (χ2v) is 5.52. The van der Waals surface area contributed by atoms with Crippen molar-refractivity contribution < 1.29 is 43.2 Å². The third kappa shape index (κ3) is 5.28. The first-order chi connectivity index (χ1) is 11.9. The summed E-state index contributed by atoms with van der Waals surface area (Å²) in [7, 11) is 1.26. The third-order valence-electron chi connectivity index (χ3n) is 2.84. The van der Waals surface area contributed by atoms with Crippen molar-refractivity contribution in [1.29, 1.82) is 0 Å². The van der Waals surface area contributed by atoms with Gasteiger partial charge in [-0.15, -0.1) is 0 Å². The number of thioether (sulfide) groups is 1. The molecule has 10 nitrogen and oxygen atoms in total. The average molecular weight is 371 g/mol. The summed E-state index contributed by atoms with van der Waals surface area (Å²) in [5.74, 6) is -0.496. The van der Waals surface area contributed by atoms with E-state index in [-0.39, 0.29) is 11.0 Å². The van der Waals surface area contributed by atoms with E-state index in [0.717, 1.165) is 11.8 Å². The lowest BCUT2D eigenvalue weighted by Gasteiger charge is -2.13. The number of hydrogen-bond acceptors (Lipinski definition) is 9. The monoisotopic (exact) mass is 371 g/mol. The fourth-order valence-electron chi connectivity index (χ4n) is 1.80. The Morgan fingerprint density at radius 1 is 1.28 bits per heavy atom. The number of ether oxygens (including phenoxy) is 3. The summed E-state index contributed by atoms with van der Waals surface area (Å²) in [5.41, 5.74) is 1.14. The summed E-state index contributed by atoms with van der Waals surface area (Å²) in [4.78, 5) is 36.7. The number of rotatable bonds is 7. The minimum absolute atomic E-state index is 0.0241. The third-order valence-corrected chi connectivity index (χ3v) is 3.80. The van der Waals surface area contributed by atoms with Crippen LogP contribution in [0.1, 0.15) is 10.4 Å². The average Bonchev–Trinajstić information content (AvgIpc) is 2.98. The van der Waals surface area contributed by atoms with Crippen molar-refractivity contribution >= 4 is 41.1 Å². The van der Waals surface area contributed by atoms with Crippen molar-refractivity contribution in [3.05, 3.63) is 23.8 Å². The van der Waals surface area contributed by atoms with Crippen LogP contribution >= 0.6 is 11.8 Å². The van der Waals surface area contributed by atoms with Crippen molar-refractivity contribution in [1.82, 2.24) is 4.98 Å². The standard InChI is InChI=1S/C14H13NO9S/c1-21-11(16)7-2-3-9-10(4-7)24-12(15-9)25-6-8(23-14(19)20)5-22-13(17)18/h2-4,8H,5-6H2,1H3,(H,17,18)(H,19,20). The highest BCUT2D eigenvalue weighted by atomic mass is 32.2. The number of fused-ring (bicyclic) bond motifs is 1. The van der Waals surface area contributed by atoms with Gasteiger partial charge in [0.2, 0.25) is 0 Å². The molecule has 1 unspecified atom stereocenters. The molecule has 1 atom stereocenters. The molecule has 0 aliphatic heterocycles. The molecule has 11 heteroatoms. The number of carbonyl (C=O) groups is 3. The summed E-state index contributed by atoms with van der Waals surface area (Å²) in [6, 6.07) is 4.58. The second kappa shape index (κ2) is 8.24. The molecular formula is C14H13NO9S. The zero-order valence-electron chi connectivity index (χ0n) is 12.8. The Hall–Kier alpha value is -2.95. The lowest BCUT2D eigenvalue weighted by molar-refractivity contribution is 0.0140. The molecular weight excluding hydrogens is 358 g/mol. The van der Waals surface area contributed by atoms with Gasteiger partial charge in [0, 0.05) is 5.75 Å². The molecule has 0 aliphatic carbocycles. The van der Waals surface area contributed by atoms with Crippen molar-refractivity contribution in [3.8, 4) is 0 Å². The maximum atomic E-state index is 11.5. The van der Waals surface area contributed by atoms with Crippen molar-refractivity contribution in [2.45, 2.75) is 11.3 Å². The summed E-state index contributed by atoms with van der Waals surface area (Å²) >= 11 is 1.01. The number of esters is 1. The van der Waals surface area contributed by atoms with E-state index in [1.807, 2.05) is 0 Å². The molecule has 2 N–H and O–H groups in total. The molecule has 134 valence electrons. The van der Waals surface area contributed by atoms with E-state index >= 15 is 0 Å². The Morgan fingerprint density at radius 3 is 2.68 bits per heavy atom. The molecule has 0 radical (unpaired) electrons. The maximum absolute atomic E-state index is 11.5. The van der Waals surface area contributed by atoms with Gasteiger partial charge in [0.05, 0.1) is 12.7 Å². The molecule has 2 rings (SSSR count). The summed E-state index contributed by atoms with van der Waals surface area (Å²) in [5, 5.41) is 17.3. The molecule has 2 aromatic rings. The van der Waals surface area contributed by atoms with Gasteiger partial charge in [-0.05, 0) is 18.2 Å². The zero-order valence-corrected chi connectivity index (χ0v) is 13.6. The van der Waals surface area contributed by atoms with Crippen molar-refractivity contribution in [3.63, 3.8) is 0 Å². The number of carboxylic acid groups (broad SMARTS) is 2. The number of nitrogens with zero attached hydrogens (tertiary/aromatic N) is 1. The van der Waals surface area contributed by atoms with Gasteiger partial charge in [0.15, 0.2) is 5.58 Å². The topological polar surface area (TPSA) is 145 Å². The largest absolute Gasteiger partial charge is 0.506 e. The van der Waals surface area contributed by atoms with E-state index < -0.39 is 31.0 Å². The van der Waals surface area contributed by atoms with Crippen LogP contribution in [0, 0.1) is 0 Å². The molecule has 1 aromatic carbocycles. The van der Waals surface area contributed by atoms with Crippen LogP contribution in [0.15, 0.2) is 27.8 Å². The predicted molar refractivity (Wildman–Crippen MR) is 82.9 cm³/mol. The van der Waals surface area contributed by atoms with Crippen LogP contribution in [0.25, 0.3) is 11.1 Å². The number of aromatic nitrogens is 1. The van der Waals surface area contributed by atoms with Gasteiger partial charge in [-0.2, -0.15) is 0 Å². The van der Waals surface area contributed by atoms with E-state index in [0.29, 0.717) is 16.7 Å². The molecule has 25 heavy (non-hydrogen) atoms. The van der Waals surface area contributed by atoms with E-state index in [9.17, 15) is 14.4 Å². The lowest BCUT2D eigenvalue weighted by Crippen LogP contribution is -2.26. The van der Waals surface area contributed by atoms with E-state index in [1.165, 1.54) is 19.2 Å². The number of carbonyl (C=O) groups excluding carboxylic acids is 1. The quantitative estimate of drug-likeness (QED) is 0.420. The molecule has 0 bridgehead atoms. The highest BCUT2D eigenvalue weighted by molar-refractivity contribution is 7.99. The molecule has 0 fully saturated rings. The number of benzene rings is 1. The van der Waals surface area contributed by atoms with Gasteiger partial charge in [0.1, 0.15) is 18.2 Å². The lowest BCUT2D eigenvalue weighted by atomic mass is 10.2. The first-order valence-corrected chi connectivity index (χ1v) is 7.74. The zero-order chi connectivity index (χ0) is 18.4. The van der Waals surface area contributed by atoms with Gasteiger partial charge in [-0.1, -0.05) is 11.8 Å². The Balaban J connectivity index is 2.06. The molecule has 0 spiro atoms. The smallest absolute Gasteiger partial charge is 0.465 e. The Bertz CT molecular complexity index is 788. The van der Waals surface area contributed by atoms with Crippen LogP contribution in [0.5, 0.6) is 0 Å². The minimum Gasteiger partial charge on any atom is -0.465 e. The first-order valence-electron chi connectivity index (χ1n) is 6.76. The number of oxazole rings is 1. The molecule has 1 heterocycles. The van der Waals surface area contributed by atoms with Crippen LogP contribution in [0.3, 0.4) is 0 Å². The molecule has 0 saturated carbocycles. The van der Waals surface area contributed by atoms with Gasteiger partial charge in [0.25, 0.3) is 5.22 Å². The van der Waals surface area contributed by atoms with E-state index in [2.05, 4.69) is 19.2 Å². The van der Waals surface area contributed by atoms with Crippen LogP contribution in [0.2, 0.25) is 0 Å². The van der Waals surface area contributed by atoms with Gasteiger partial charge in [-0.25, -0.2) is 19.4 Å². The Labute approximate surface area is 144 Å². The number of hydrogen-bond donors (Lipinski definition) is 2. The van der Waals surface area contributed by atoms with Crippen LogP contribution in [0.4, 0.5) is 9.59 Å². The molecule has 1 aromatic heterocycles. The van der Waals surface area contributed by atoms with Gasteiger partial charge < -0.3 is 28.8 Å². The summed E-state index contributed by atoms with van der Waals surface area (Å²) < 4.78 is 18.9. The maximum Gasteiger partial charge on any atom is 0.506 e. The van der Waals surface area contributed by atoms with Crippen molar-refractivity contribution in [2.75, 3.05) is 19.5 Å². The van der Waals surface area contributed by atoms with Crippen LogP contribution < -0.4 is 0 Å². The fourth-order valence-corrected chi connectivity index (χ4v) is 2.60. The predicted octanol–water partition coefficient (Wildman–Crippen LogP) is 2.46. The van der Waals surface area contributed by atoms with Crippen LogP contribution in [-0.4, -0.2) is 59.1 Å². The van der Waals surface area contributed by atoms with E-state index in [1.54, 1.807) is 6.07 Å². The van der Waals surface area contributed by atoms with Crippen molar-refractivity contribution in [2.24, 2.45) is 0 Å².